The second-order valence-corrected chi connectivity index (χ2v) is 9.12. The van der Waals surface area contributed by atoms with E-state index in [0.717, 1.165) is 31.2 Å². The molecule has 1 heterocycles. The Morgan fingerprint density at radius 1 is 1.10 bits per heavy atom. The lowest BCUT2D eigenvalue weighted by Crippen LogP contribution is -2.47. The van der Waals surface area contributed by atoms with Crippen LogP contribution in [0.3, 0.4) is 0 Å². The molecule has 0 spiro atoms. The van der Waals surface area contributed by atoms with Gasteiger partial charge >= 0.3 is 0 Å². The number of furan rings is 1. The van der Waals surface area contributed by atoms with Gasteiger partial charge in [0, 0.05) is 18.4 Å². The van der Waals surface area contributed by atoms with E-state index >= 15 is 0 Å². The summed E-state index contributed by atoms with van der Waals surface area (Å²) in [4.78, 5) is 25.5. The number of rotatable bonds is 12. The maximum atomic E-state index is 12.8. The maximum absolute atomic E-state index is 12.8. The molecule has 1 aromatic heterocycles. The first-order chi connectivity index (χ1) is 14.7. The first kappa shape index (κ1) is 25.0. The molecule has 0 aromatic carbocycles. The van der Waals surface area contributed by atoms with Gasteiger partial charge in [-0.15, -0.1) is 0 Å². The van der Waals surface area contributed by atoms with E-state index in [2.05, 4.69) is 52.2 Å². The Bertz CT molecular complexity index is 794. The van der Waals surface area contributed by atoms with Crippen LogP contribution in [-0.2, 0) is 16.0 Å². The largest absolute Gasteiger partial charge is 0.472 e. The Morgan fingerprint density at radius 3 is 2.35 bits per heavy atom. The van der Waals surface area contributed by atoms with E-state index in [-0.39, 0.29) is 17.2 Å². The number of nitrogens with one attached hydrogen (secondary N) is 2. The lowest BCUT2D eigenvalue weighted by atomic mass is 9.75. The first-order valence-corrected chi connectivity index (χ1v) is 11.6. The molecular weight excluding hydrogens is 388 g/mol. The summed E-state index contributed by atoms with van der Waals surface area (Å²) >= 11 is 0. The van der Waals surface area contributed by atoms with Gasteiger partial charge in [0.25, 0.3) is 0 Å². The highest BCUT2D eigenvalue weighted by Crippen LogP contribution is 2.49. The van der Waals surface area contributed by atoms with Crippen molar-refractivity contribution in [3.05, 3.63) is 46.4 Å². The Kier molecular flexibility index (Phi) is 9.15. The zero-order valence-corrected chi connectivity index (χ0v) is 20.2. The molecule has 0 fully saturated rings. The average Bonchev–Trinajstić information content (AvgIpc) is 3.32. The van der Waals surface area contributed by atoms with Crippen molar-refractivity contribution in [1.29, 1.82) is 0 Å². The van der Waals surface area contributed by atoms with Crippen LogP contribution in [0.4, 0.5) is 0 Å². The number of carbonyl (C=O) groups excluding carboxylic acids is 2. The number of unbranched alkanes of at least 4 members (excludes halogenated alkanes) is 2. The Labute approximate surface area is 187 Å². The second-order valence-electron chi connectivity index (χ2n) is 9.12. The molecular formula is C26H40N2O3. The molecule has 5 heteroatoms. The normalized spacial score (nSPS) is 16.6. The van der Waals surface area contributed by atoms with E-state index < -0.39 is 6.04 Å². The summed E-state index contributed by atoms with van der Waals surface area (Å²) in [6.07, 6.45) is 8.94. The topological polar surface area (TPSA) is 71.3 Å². The number of hydrogen-bond donors (Lipinski definition) is 2. The molecule has 0 unspecified atom stereocenters. The molecule has 1 atom stereocenters. The van der Waals surface area contributed by atoms with Crippen LogP contribution in [0.25, 0.3) is 0 Å². The highest BCUT2D eigenvalue weighted by Gasteiger charge is 2.36. The number of carbonyl (C=O) groups is 2. The Balaban J connectivity index is 1.91. The van der Waals surface area contributed by atoms with E-state index in [1.807, 2.05) is 6.07 Å². The highest BCUT2D eigenvalue weighted by molar-refractivity contribution is 5.87. The Hall–Kier alpha value is -2.30. The van der Waals surface area contributed by atoms with Crippen molar-refractivity contribution in [2.75, 3.05) is 6.54 Å². The zero-order chi connectivity index (χ0) is 23.0. The summed E-state index contributed by atoms with van der Waals surface area (Å²) < 4.78 is 5.07. The second kappa shape index (κ2) is 11.4. The summed E-state index contributed by atoms with van der Waals surface area (Å²) in [7, 11) is 0. The average molecular weight is 429 g/mol. The molecule has 1 aliphatic carbocycles. The fourth-order valence-electron chi connectivity index (χ4n) is 4.43. The molecule has 172 valence electrons. The van der Waals surface area contributed by atoms with Crippen LogP contribution in [-0.4, -0.2) is 24.4 Å². The molecule has 0 saturated heterocycles. The zero-order valence-electron chi connectivity index (χ0n) is 20.2. The van der Waals surface area contributed by atoms with E-state index in [4.69, 9.17) is 4.42 Å². The fourth-order valence-corrected chi connectivity index (χ4v) is 4.43. The van der Waals surface area contributed by atoms with Crippen LogP contribution in [0.1, 0.15) is 85.6 Å². The van der Waals surface area contributed by atoms with E-state index in [9.17, 15) is 9.59 Å². The van der Waals surface area contributed by atoms with Gasteiger partial charge in [0.15, 0.2) is 0 Å². The molecule has 0 radical (unpaired) electrons. The quantitative estimate of drug-likeness (QED) is 0.433. The molecule has 2 N–H and O–H groups in total. The Morgan fingerprint density at radius 2 is 1.77 bits per heavy atom. The highest BCUT2D eigenvalue weighted by atomic mass is 16.3. The van der Waals surface area contributed by atoms with Gasteiger partial charge in [-0.05, 0) is 69.7 Å². The fraction of sp³-hybridized carbons (Fsp3) is 0.615. The third-order valence-corrected chi connectivity index (χ3v) is 7.24. The van der Waals surface area contributed by atoms with Crippen LogP contribution >= 0.6 is 0 Å². The van der Waals surface area contributed by atoms with Crippen molar-refractivity contribution in [3.63, 3.8) is 0 Å². The molecule has 0 saturated carbocycles. The van der Waals surface area contributed by atoms with Crippen molar-refractivity contribution in [1.82, 2.24) is 10.6 Å². The first-order valence-electron chi connectivity index (χ1n) is 11.6. The van der Waals surface area contributed by atoms with Crippen molar-refractivity contribution in [2.24, 2.45) is 5.41 Å². The predicted octanol–water partition coefficient (Wildman–Crippen LogP) is 5.48. The summed E-state index contributed by atoms with van der Waals surface area (Å²) in [5.41, 5.74) is 6.37. The van der Waals surface area contributed by atoms with Gasteiger partial charge in [-0.2, -0.15) is 0 Å². The van der Waals surface area contributed by atoms with Gasteiger partial charge in [-0.1, -0.05) is 44.3 Å². The molecule has 1 aromatic rings. The summed E-state index contributed by atoms with van der Waals surface area (Å²) in [6, 6.07) is 1.42. The maximum Gasteiger partial charge on any atom is 0.242 e. The lowest BCUT2D eigenvalue weighted by molar-refractivity contribution is -0.129. The van der Waals surface area contributed by atoms with E-state index in [1.165, 1.54) is 22.3 Å². The third kappa shape index (κ3) is 6.34. The molecule has 0 aliphatic heterocycles. The molecule has 1 aliphatic rings. The van der Waals surface area contributed by atoms with Crippen LogP contribution < -0.4 is 10.6 Å². The monoisotopic (exact) mass is 428 g/mol. The SMILES string of the molecule is CCCCC[C@H](NC(=O)CCC1(C)C(C)=C(C)C(C)=C1C)C(=O)NCCc1ccoc1. The molecule has 31 heavy (non-hydrogen) atoms. The minimum absolute atomic E-state index is 0.0458. The van der Waals surface area contributed by atoms with Gasteiger partial charge in [0.1, 0.15) is 6.04 Å². The van der Waals surface area contributed by atoms with Gasteiger partial charge in [-0.25, -0.2) is 0 Å². The molecule has 5 nitrogen and oxygen atoms in total. The van der Waals surface area contributed by atoms with Crippen LogP contribution in [0.2, 0.25) is 0 Å². The molecule has 2 amide bonds. The number of allylic oxidation sites excluding steroid dienone is 4. The minimum atomic E-state index is -0.475. The van der Waals surface area contributed by atoms with Gasteiger partial charge in [-0.3, -0.25) is 9.59 Å². The predicted molar refractivity (Wildman–Crippen MR) is 126 cm³/mol. The number of hydrogen-bond acceptors (Lipinski definition) is 3. The lowest BCUT2D eigenvalue weighted by Gasteiger charge is -2.29. The van der Waals surface area contributed by atoms with Crippen molar-refractivity contribution in [3.8, 4) is 0 Å². The summed E-state index contributed by atoms with van der Waals surface area (Å²) in [5.74, 6) is -0.144. The van der Waals surface area contributed by atoms with Crippen molar-refractivity contribution >= 4 is 11.8 Å². The van der Waals surface area contributed by atoms with Crippen LogP contribution in [0, 0.1) is 5.41 Å². The smallest absolute Gasteiger partial charge is 0.242 e. The van der Waals surface area contributed by atoms with Crippen LogP contribution in [0.15, 0.2) is 45.3 Å². The standard InChI is InChI=1S/C26H40N2O3/c1-7-8-9-10-23(25(30)27-15-12-22-13-16-31-17-22)28-24(29)11-14-26(6)20(4)18(2)19(3)21(26)5/h13,16-17,23H,7-12,14-15H2,1-6H3,(H,27,30)(H,28,29)/t23-/m0/s1. The third-order valence-electron chi connectivity index (χ3n) is 7.24. The van der Waals surface area contributed by atoms with Crippen molar-refractivity contribution < 1.29 is 14.0 Å². The van der Waals surface area contributed by atoms with E-state index in [1.54, 1.807) is 12.5 Å². The summed E-state index contributed by atoms with van der Waals surface area (Å²) in [5, 5.41) is 5.98. The van der Waals surface area contributed by atoms with Gasteiger partial charge < -0.3 is 15.1 Å². The van der Waals surface area contributed by atoms with Gasteiger partial charge in [0.2, 0.25) is 11.8 Å². The van der Waals surface area contributed by atoms with Crippen molar-refractivity contribution in [2.45, 2.75) is 92.5 Å². The van der Waals surface area contributed by atoms with Gasteiger partial charge in [0.05, 0.1) is 12.5 Å². The molecule has 0 bridgehead atoms. The molecule has 2 rings (SSSR count). The minimum Gasteiger partial charge on any atom is -0.472 e. The number of amides is 2. The van der Waals surface area contributed by atoms with Crippen LogP contribution in [0.5, 0.6) is 0 Å². The summed E-state index contributed by atoms with van der Waals surface area (Å²) in [6.45, 7) is 13.6. The van der Waals surface area contributed by atoms with E-state index in [0.29, 0.717) is 25.8 Å².